The minimum Gasteiger partial charge on any atom is -0.206 e. The molecule has 0 bridgehead atoms. The van der Waals surface area contributed by atoms with Gasteiger partial charge in [-0.25, -0.2) is 8.78 Å². The number of halogens is 3. The maximum atomic E-state index is 14.7. The van der Waals surface area contributed by atoms with Crippen molar-refractivity contribution < 1.29 is 8.78 Å². The van der Waals surface area contributed by atoms with E-state index in [0.717, 1.165) is 36.2 Å². The molecule has 0 nitrogen and oxygen atoms in total. The summed E-state index contributed by atoms with van der Waals surface area (Å²) in [7, 11) is 0. The molecule has 0 radical (unpaired) electrons. The van der Waals surface area contributed by atoms with Crippen molar-refractivity contribution in [2.75, 3.05) is 0 Å². The third-order valence-corrected chi connectivity index (χ3v) is 7.15. The zero-order valence-electron chi connectivity index (χ0n) is 14.7. The summed E-state index contributed by atoms with van der Waals surface area (Å²) in [6.45, 7) is 2.30. The van der Waals surface area contributed by atoms with Crippen LogP contribution in [-0.2, 0) is 0 Å². The quantitative estimate of drug-likeness (QED) is 0.519. The first-order valence-corrected chi connectivity index (χ1v) is 10.0. The molecule has 0 saturated heterocycles. The van der Waals surface area contributed by atoms with E-state index in [9.17, 15) is 8.78 Å². The van der Waals surface area contributed by atoms with Gasteiger partial charge in [0.05, 0.1) is 10.4 Å². The molecule has 134 valence electrons. The maximum absolute atomic E-state index is 14.7. The second-order valence-electron chi connectivity index (χ2n) is 8.05. The topological polar surface area (TPSA) is 0 Å². The van der Waals surface area contributed by atoms with Gasteiger partial charge in [-0.15, -0.1) is 0 Å². The SMILES string of the molecule is CCC1CCC2CC(c3cc4cccc(F)c4c(F)c3Cl)CCC2C1. The summed E-state index contributed by atoms with van der Waals surface area (Å²) in [5.41, 5.74) is 0.883. The van der Waals surface area contributed by atoms with Crippen molar-refractivity contribution in [1.82, 2.24) is 0 Å². The van der Waals surface area contributed by atoms with Crippen LogP contribution in [0.15, 0.2) is 24.3 Å². The second kappa shape index (κ2) is 6.87. The van der Waals surface area contributed by atoms with Gasteiger partial charge in [-0.2, -0.15) is 0 Å². The Kier molecular flexibility index (Phi) is 4.75. The van der Waals surface area contributed by atoms with Crippen molar-refractivity contribution in [3.8, 4) is 0 Å². The molecule has 2 fully saturated rings. The highest BCUT2D eigenvalue weighted by Crippen LogP contribution is 2.49. The van der Waals surface area contributed by atoms with Gasteiger partial charge in [0.2, 0.25) is 0 Å². The zero-order chi connectivity index (χ0) is 17.6. The molecule has 0 amide bonds. The van der Waals surface area contributed by atoms with Crippen LogP contribution < -0.4 is 0 Å². The molecule has 0 aliphatic heterocycles. The fourth-order valence-electron chi connectivity index (χ4n) is 5.30. The van der Waals surface area contributed by atoms with E-state index in [2.05, 4.69) is 6.92 Å². The van der Waals surface area contributed by atoms with Crippen LogP contribution in [0, 0.1) is 29.4 Å². The molecule has 2 aromatic carbocycles. The molecule has 2 aromatic rings. The van der Waals surface area contributed by atoms with Gasteiger partial charge in [-0.1, -0.05) is 43.5 Å². The van der Waals surface area contributed by atoms with Gasteiger partial charge < -0.3 is 0 Å². The van der Waals surface area contributed by atoms with Crippen molar-refractivity contribution in [2.45, 2.75) is 57.8 Å². The first kappa shape index (κ1) is 17.3. The fraction of sp³-hybridized carbons (Fsp3) is 0.545. The molecule has 0 N–H and O–H groups in total. The number of hydrogen-bond donors (Lipinski definition) is 0. The summed E-state index contributed by atoms with van der Waals surface area (Å²) in [5.74, 6) is 1.63. The second-order valence-corrected chi connectivity index (χ2v) is 8.43. The lowest BCUT2D eigenvalue weighted by Gasteiger charge is -2.42. The Labute approximate surface area is 153 Å². The van der Waals surface area contributed by atoms with E-state index in [0.29, 0.717) is 11.3 Å². The monoisotopic (exact) mass is 362 g/mol. The predicted octanol–water partition coefficient (Wildman–Crippen LogP) is 7.48. The van der Waals surface area contributed by atoms with Crippen LogP contribution in [0.5, 0.6) is 0 Å². The molecule has 25 heavy (non-hydrogen) atoms. The lowest BCUT2D eigenvalue weighted by atomic mass is 9.63. The predicted molar refractivity (Wildman–Crippen MR) is 100 cm³/mol. The van der Waals surface area contributed by atoms with Crippen molar-refractivity contribution >= 4 is 22.4 Å². The average Bonchev–Trinajstić information content (AvgIpc) is 2.63. The van der Waals surface area contributed by atoms with Gasteiger partial charge >= 0.3 is 0 Å². The maximum Gasteiger partial charge on any atom is 0.152 e. The van der Waals surface area contributed by atoms with Gasteiger partial charge in [-0.3, -0.25) is 0 Å². The number of benzene rings is 2. The molecular formula is C22H25ClF2. The zero-order valence-corrected chi connectivity index (χ0v) is 15.5. The molecule has 3 heteroatoms. The number of rotatable bonds is 2. The van der Waals surface area contributed by atoms with Crippen molar-refractivity contribution in [1.29, 1.82) is 0 Å². The van der Waals surface area contributed by atoms with Gasteiger partial charge in [0.15, 0.2) is 5.82 Å². The van der Waals surface area contributed by atoms with E-state index >= 15 is 0 Å². The molecule has 4 rings (SSSR count). The number of hydrogen-bond acceptors (Lipinski definition) is 0. The minimum absolute atomic E-state index is 0.0217. The summed E-state index contributed by atoms with van der Waals surface area (Å²) in [6, 6.07) is 6.63. The number of fused-ring (bicyclic) bond motifs is 2. The Morgan fingerprint density at radius 2 is 1.80 bits per heavy atom. The highest BCUT2D eigenvalue weighted by molar-refractivity contribution is 6.32. The van der Waals surface area contributed by atoms with Crippen molar-refractivity contribution in [3.63, 3.8) is 0 Å². The molecule has 0 aromatic heterocycles. The Morgan fingerprint density at radius 3 is 2.60 bits per heavy atom. The summed E-state index contributed by atoms with van der Waals surface area (Å²) >= 11 is 6.36. The van der Waals surface area contributed by atoms with E-state index < -0.39 is 11.6 Å². The van der Waals surface area contributed by atoms with Gasteiger partial charge in [0, 0.05) is 0 Å². The molecule has 4 atom stereocenters. The van der Waals surface area contributed by atoms with Crippen LogP contribution in [0.2, 0.25) is 5.02 Å². The Hall–Kier alpha value is -1.15. The standard InChI is InChI=1S/C22H25ClF2/c1-2-13-6-7-15-11-16(9-8-14(15)10-13)18-12-17-4-3-5-19(24)20(17)22(25)21(18)23/h3-5,12-16H,2,6-11H2,1H3. The Balaban J connectivity index is 1.64. The molecule has 0 spiro atoms. The summed E-state index contributed by atoms with van der Waals surface area (Å²) < 4.78 is 28.7. The van der Waals surface area contributed by atoms with Crippen LogP contribution in [0.1, 0.15) is 63.4 Å². The lowest BCUT2D eigenvalue weighted by molar-refractivity contribution is 0.116. The third-order valence-electron chi connectivity index (χ3n) is 6.76. The van der Waals surface area contributed by atoms with Crippen molar-refractivity contribution in [3.05, 3.63) is 46.5 Å². The molecule has 2 aliphatic carbocycles. The molecule has 4 unspecified atom stereocenters. The van der Waals surface area contributed by atoms with Gasteiger partial charge in [0.25, 0.3) is 0 Å². The first-order chi connectivity index (χ1) is 12.1. The summed E-state index contributed by atoms with van der Waals surface area (Å²) in [5, 5.41) is 0.769. The minimum atomic E-state index is -0.593. The molecule has 2 aliphatic rings. The highest BCUT2D eigenvalue weighted by Gasteiger charge is 2.36. The van der Waals surface area contributed by atoms with Crippen LogP contribution >= 0.6 is 11.6 Å². The summed E-state index contributed by atoms with van der Waals surface area (Å²) in [6.07, 6.45) is 8.65. The highest BCUT2D eigenvalue weighted by atomic mass is 35.5. The molecular weight excluding hydrogens is 338 g/mol. The molecule has 2 saturated carbocycles. The fourth-order valence-corrected chi connectivity index (χ4v) is 5.60. The van der Waals surface area contributed by atoms with Gasteiger partial charge in [0.1, 0.15) is 5.82 Å². The van der Waals surface area contributed by atoms with Crippen LogP contribution in [0.4, 0.5) is 8.78 Å². The van der Waals surface area contributed by atoms with Crippen LogP contribution in [-0.4, -0.2) is 0 Å². The van der Waals surface area contributed by atoms with E-state index in [1.807, 2.05) is 6.07 Å². The molecule has 0 heterocycles. The smallest absolute Gasteiger partial charge is 0.152 e. The van der Waals surface area contributed by atoms with E-state index in [1.54, 1.807) is 12.1 Å². The normalized spacial score (nSPS) is 29.6. The third kappa shape index (κ3) is 3.07. The first-order valence-electron chi connectivity index (χ1n) is 9.64. The Morgan fingerprint density at radius 1 is 1.04 bits per heavy atom. The lowest BCUT2D eigenvalue weighted by Crippen LogP contribution is -2.30. The van der Waals surface area contributed by atoms with Crippen LogP contribution in [0.25, 0.3) is 10.8 Å². The average molecular weight is 363 g/mol. The van der Waals surface area contributed by atoms with Crippen LogP contribution in [0.3, 0.4) is 0 Å². The van der Waals surface area contributed by atoms with E-state index in [1.165, 1.54) is 38.2 Å². The van der Waals surface area contributed by atoms with E-state index in [-0.39, 0.29) is 10.4 Å². The largest absolute Gasteiger partial charge is 0.206 e. The van der Waals surface area contributed by atoms with E-state index in [4.69, 9.17) is 11.6 Å². The summed E-state index contributed by atoms with van der Waals surface area (Å²) in [4.78, 5) is 0. The van der Waals surface area contributed by atoms with Gasteiger partial charge in [-0.05, 0) is 78.9 Å². The van der Waals surface area contributed by atoms with Crippen molar-refractivity contribution in [2.24, 2.45) is 17.8 Å². The Bertz CT molecular complexity index is 785.